The van der Waals surface area contributed by atoms with Crippen molar-refractivity contribution in [2.45, 2.75) is 44.1 Å². The van der Waals surface area contributed by atoms with Crippen molar-refractivity contribution >= 4 is 18.3 Å². The van der Waals surface area contributed by atoms with Gasteiger partial charge in [-0.2, -0.15) is 0 Å². The van der Waals surface area contributed by atoms with E-state index in [9.17, 15) is 4.79 Å². The minimum atomic E-state index is 0. The number of aryl methyl sites for hydroxylation is 1. The molecule has 1 aliphatic carbocycles. The highest BCUT2D eigenvalue weighted by Crippen LogP contribution is 2.30. The number of rotatable bonds is 3. The number of nitrogens with one attached hydrogen (secondary N) is 2. The van der Waals surface area contributed by atoms with E-state index in [0.717, 1.165) is 25.9 Å². The second-order valence-electron chi connectivity index (χ2n) is 5.68. The Kier molecular flexibility index (Phi) is 5.44. The molecule has 1 amide bonds. The molecular formula is C16H23ClN2O. The minimum absolute atomic E-state index is 0. The lowest BCUT2D eigenvalue weighted by Gasteiger charge is -2.26. The van der Waals surface area contributed by atoms with Crippen LogP contribution in [0.2, 0.25) is 0 Å². The van der Waals surface area contributed by atoms with Crippen LogP contribution in [0.25, 0.3) is 0 Å². The highest BCUT2D eigenvalue weighted by molar-refractivity contribution is 5.85. The van der Waals surface area contributed by atoms with Crippen LogP contribution in [0, 0.1) is 0 Å². The third-order valence-corrected chi connectivity index (χ3v) is 4.39. The predicted octanol–water partition coefficient (Wildman–Crippen LogP) is 2.40. The highest BCUT2D eigenvalue weighted by atomic mass is 35.5. The van der Waals surface area contributed by atoms with Crippen LogP contribution in [0.4, 0.5) is 0 Å². The molecule has 1 aliphatic heterocycles. The summed E-state index contributed by atoms with van der Waals surface area (Å²) in [5, 5.41) is 6.38. The average Bonchev–Trinajstić information content (AvgIpc) is 2.99. The number of hydrogen-bond acceptors (Lipinski definition) is 2. The first kappa shape index (κ1) is 15.3. The Balaban J connectivity index is 0.00000147. The zero-order chi connectivity index (χ0) is 13.1. The lowest BCUT2D eigenvalue weighted by Crippen LogP contribution is -2.42. The molecule has 3 nitrogen and oxygen atoms in total. The normalized spacial score (nSPS) is 24.6. The first-order valence-corrected chi connectivity index (χ1v) is 7.43. The van der Waals surface area contributed by atoms with Crippen molar-refractivity contribution in [3.63, 3.8) is 0 Å². The molecule has 2 unspecified atom stereocenters. The average molecular weight is 295 g/mol. The smallest absolute Gasteiger partial charge is 0.237 e. The molecule has 0 bridgehead atoms. The SMILES string of the molecule is Cl.O=C(NCC1CCCc2ccccc21)C1CCCN1. The van der Waals surface area contributed by atoms with Gasteiger partial charge in [-0.1, -0.05) is 24.3 Å². The Morgan fingerprint density at radius 2 is 2.10 bits per heavy atom. The summed E-state index contributed by atoms with van der Waals surface area (Å²) in [6.45, 7) is 1.76. The summed E-state index contributed by atoms with van der Waals surface area (Å²) < 4.78 is 0. The van der Waals surface area contributed by atoms with Crippen LogP contribution < -0.4 is 10.6 Å². The fourth-order valence-electron chi connectivity index (χ4n) is 3.32. The molecule has 2 atom stereocenters. The van der Waals surface area contributed by atoms with Crippen LogP contribution in [0.1, 0.15) is 42.7 Å². The van der Waals surface area contributed by atoms with E-state index >= 15 is 0 Å². The first-order valence-electron chi connectivity index (χ1n) is 7.43. The molecule has 2 N–H and O–H groups in total. The highest BCUT2D eigenvalue weighted by Gasteiger charge is 2.24. The van der Waals surface area contributed by atoms with Crippen molar-refractivity contribution in [3.05, 3.63) is 35.4 Å². The van der Waals surface area contributed by atoms with Gasteiger partial charge >= 0.3 is 0 Å². The van der Waals surface area contributed by atoms with Crippen LogP contribution >= 0.6 is 12.4 Å². The molecule has 1 aromatic carbocycles. The second kappa shape index (κ2) is 7.09. The molecule has 4 heteroatoms. The zero-order valence-electron chi connectivity index (χ0n) is 11.7. The van der Waals surface area contributed by atoms with Gasteiger partial charge in [0.1, 0.15) is 0 Å². The summed E-state index contributed by atoms with van der Waals surface area (Å²) in [5.41, 5.74) is 2.90. The topological polar surface area (TPSA) is 41.1 Å². The van der Waals surface area contributed by atoms with Gasteiger partial charge in [0.05, 0.1) is 6.04 Å². The quantitative estimate of drug-likeness (QED) is 0.899. The Morgan fingerprint density at radius 1 is 1.25 bits per heavy atom. The van der Waals surface area contributed by atoms with Crippen LogP contribution in [-0.4, -0.2) is 25.0 Å². The Hall–Kier alpha value is -1.06. The van der Waals surface area contributed by atoms with E-state index in [1.807, 2.05) is 0 Å². The molecule has 0 radical (unpaired) electrons. The van der Waals surface area contributed by atoms with Crippen LogP contribution in [0.3, 0.4) is 0 Å². The lowest BCUT2D eigenvalue weighted by molar-refractivity contribution is -0.122. The Labute approximate surface area is 126 Å². The molecule has 1 saturated heterocycles. The largest absolute Gasteiger partial charge is 0.354 e. The third-order valence-electron chi connectivity index (χ3n) is 4.39. The molecule has 0 aromatic heterocycles. The predicted molar refractivity (Wildman–Crippen MR) is 83.4 cm³/mol. The van der Waals surface area contributed by atoms with Gasteiger partial charge in [-0.3, -0.25) is 4.79 Å². The van der Waals surface area contributed by atoms with Crippen molar-refractivity contribution in [1.29, 1.82) is 0 Å². The van der Waals surface area contributed by atoms with E-state index in [4.69, 9.17) is 0 Å². The van der Waals surface area contributed by atoms with Gasteiger partial charge in [0.25, 0.3) is 0 Å². The van der Waals surface area contributed by atoms with E-state index in [1.54, 1.807) is 0 Å². The fraction of sp³-hybridized carbons (Fsp3) is 0.562. The molecular weight excluding hydrogens is 272 g/mol. The summed E-state index contributed by atoms with van der Waals surface area (Å²) in [4.78, 5) is 12.0. The summed E-state index contributed by atoms with van der Waals surface area (Å²) in [6, 6.07) is 8.71. The number of benzene rings is 1. The molecule has 1 aromatic rings. The van der Waals surface area contributed by atoms with Gasteiger partial charge in [-0.05, 0) is 49.8 Å². The Bertz CT molecular complexity index is 458. The summed E-state index contributed by atoms with van der Waals surface area (Å²) >= 11 is 0. The first-order chi connectivity index (χ1) is 9.34. The number of carbonyl (C=O) groups excluding carboxylic acids is 1. The van der Waals surface area contributed by atoms with Gasteiger partial charge in [0.15, 0.2) is 0 Å². The van der Waals surface area contributed by atoms with Gasteiger partial charge in [0, 0.05) is 12.5 Å². The molecule has 1 heterocycles. The number of fused-ring (bicyclic) bond motifs is 1. The van der Waals surface area contributed by atoms with Crippen molar-refractivity contribution in [2.75, 3.05) is 13.1 Å². The van der Waals surface area contributed by atoms with Crippen molar-refractivity contribution in [2.24, 2.45) is 0 Å². The molecule has 0 spiro atoms. The van der Waals surface area contributed by atoms with E-state index in [2.05, 4.69) is 34.9 Å². The summed E-state index contributed by atoms with van der Waals surface area (Å²) in [7, 11) is 0. The minimum Gasteiger partial charge on any atom is -0.354 e. The van der Waals surface area contributed by atoms with E-state index in [1.165, 1.54) is 30.4 Å². The Morgan fingerprint density at radius 3 is 2.90 bits per heavy atom. The maximum atomic E-state index is 12.0. The zero-order valence-corrected chi connectivity index (χ0v) is 12.5. The van der Waals surface area contributed by atoms with Crippen LogP contribution in [0.5, 0.6) is 0 Å². The summed E-state index contributed by atoms with van der Waals surface area (Å²) in [6.07, 6.45) is 5.71. The van der Waals surface area contributed by atoms with Crippen molar-refractivity contribution < 1.29 is 4.79 Å². The molecule has 110 valence electrons. The van der Waals surface area contributed by atoms with E-state index in [0.29, 0.717) is 5.92 Å². The van der Waals surface area contributed by atoms with Crippen LogP contribution in [0.15, 0.2) is 24.3 Å². The van der Waals surface area contributed by atoms with Gasteiger partial charge in [-0.25, -0.2) is 0 Å². The van der Waals surface area contributed by atoms with Crippen molar-refractivity contribution in [1.82, 2.24) is 10.6 Å². The van der Waals surface area contributed by atoms with Gasteiger partial charge in [0.2, 0.25) is 5.91 Å². The number of hydrogen-bond donors (Lipinski definition) is 2. The van der Waals surface area contributed by atoms with Crippen LogP contribution in [-0.2, 0) is 11.2 Å². The van der Waals surface area contributed by atoms with E-state index < -0.39 is 0 Å². The monoisotopic (exact) mass is 294 g/mol. The van der Waals surface area contributed by atoms with Gasteiger partial charge < -0.3 is 10.6 Å². The maximum Gasteiger partial charge on any atom is 0.237 e. The molecule has 3 rings (SSSR count). The molecule has 2 aliphatic rings. The summed E-state index contributed by atoms with van der Waals surface area (Å²) in [5.74, 6) is 0.677. The number of halogens is 1. The fourth-order valence-corrected chi connectivity index (χ4v) is 3.32. The lowest BCUT2D eigenvalue weighted by atomic mass is 9.83. The molecule has 20 heavy (non-hydrogen) atoms. The van der Waals surface area contributed by atoms with E-state index in [-0.39, 0.29) is 24.4 Å². The molecule has 0 saturated carbocycles. The van der Waals surface area contributed by atoms with Gasteiger partial charge in [-0.15, -0.1) is 12.4 Å². The second-order valence-corrected chi connectivity index (χ2v) is 5.68. The van der Waals surface area contributed by atoms with Crippen molar-refractivity contribution in [3.8, 4) is 0 Å². The number of carbonyl (C=O) groups is 1. The maximum absolute atomic E-state index is 12.0. The standard InChI is InChI=1S/C16H22N2O.ClH/c19-16(15-9-4-10-17-15)18-11-13-7-3-6-12-5-1-2-8-14(12)13;/h1-2,5,8,13,15,17H,3-4,6-7,9-11H2,(H,18,19);1H. The third kappa shape index (κ3) is 3.33. The molecule has 1 fully saturated rings. The number of amides is 1.